The smallest absolute Gasteiger partial charge is 0.244 e. The van der Waals surface area contributed by atoms with Gasteiger partial charge in [0.25, 0.3) is 0 Å². The maximum Gasteiger partial charge on any atom is 0.400 e. The zero-order valence-corrected chi connectivity index (χ0v) is 17.2. The summed E-state index contributed by atoms with van der Waals surface area (Å²) >= 11 is 0. The Bertz CT molecular complexity index is 685. The predicted octanol–water partition coefficient (Wildman–Crippen LogP) is 4.16. The minimum absolute atomic E-state index is 0.0828. The molecule has 5 heteroatoms. The lowest BCUT2D eigenvalue weighted by molar-refractivity contribution is -0.0176. The van der Waals surface area contributed by atoms with Crippen molar-refractivity contribution in [2.24, 2.45) is 45.3 Å². The zero-order valence-electron chi connectivity index (χ0n) is 16.3. The van der Waals surface area contributed by atoms with Crippen molar-refractivity contribution in [1.29, 1.82) is 0 Å². The van der Waals surface area contributed by atoms with Crippen LogP contribution in [-0.4, -0.2) is 20.6 Å². The van der Waals surface area contributed by atoms with Gasteiger partial charge in [0.2, 0.25) is 0 Å². The molecule has 0 unspecified atom stereocenters. The summed E-state index contributed by atoms with van der Waals surface area (Å²) in [5, 5.41) is 0. The Morgan fingerprint density at radius 1 is 0.720 bits per heavy atom. The van der Waals surface area contributed by atoms with E-state index in [4.69, 9.17) is 8.37 Å². The Kier molecular flexibility index (Phi) is 2.93. The molecular formula is C20H32O4S. The van der Waals surface area contributed by atoms with Crippen LogP contribution in [0.4, 0.5) is 0 Å². The first-order valence-electron chi connectivity index (χ1n) is 9.98. The Labute approximate surface area is 152 Å². The van der Waals surface area contributed by atoms with Gasteiger partial charge in [-0.1, -0.05) is 41.5 Å². The third-order valence-electron chi connectivity index (χ3n) is 10.5. The Morgan fingerprint density at radius 2 is 1.08 bits per heavy atom. The SMILES string of the molecule is CC1(C)[C@@H]2CC[C@@]1(C)[C@@H]1OS(=O)(=O)O[C@@H]3[C@H]([C@H]21)[C@H]1CC[C@]3(C)C1(C)C. The molecule has 8 atom stereocenters. The van der Waals surface area contributed by atoms with Crippen molar-refractivity contribution in [1.82, 2.24) is 0 Å². The van der Waals surface area contributed by atoms with E-state index in [-0.39, 0.29) is 33.9 Å². The summed E-state index contributed by atoms with van der Waals surface area (Å²) in [6.07, 6.45) is 4.07. The van der Waals surface area contributed by atoms with E-state index in [1.54, 1.807) is 0 Å². The van der Waals surface area contributed by atoms with Crippen molar-refractivity contribution in [2.75, 3.05) is 0 Å². The van der Waals surface area contributed by atoms with Gasteiger partial charge in [-0.3, -0.25) is 0 Å². The fourth-order valence-corrected chi connectivity index (χ4v) is 9.55. The molecule has 5 fully saturated rings. The zero-order chi connectivity index (χ0) is 18.2. The van der Waals surface area contributed by atoms with Gasteiger partial charge in [0, 0.05) is 10.8 Å². The van der Waals surface area contributed by atoms with Crippen LogP contribution >= 0.6 is 0 Å². The van der Waals surface area contributed by atoms with E-state index in [1.165, 1.54) is 12.8 Å². The summed E-state index contributed by atoms with van der Waals surface area (Å²) in [5.41, 5.74) is 0.0698. The van der Waals surface area contributed by atoms with Gasteiger partial charge in [-0.25, -0.2) is 8.37 Å². The molecule has 4 bridgehead atoms. The van der Waals surface area contributed by atoms with Gasteiger partial charge in [0.05, 0.1) is 12.2 Å². The van der Waals surface area contributed by atoms with Crippen LogP contribution in [0.3, 0.4) is 0 Å². The molecule has 5 rings (SSSR count). The fraction of sp³-hybridized carbons (Fsp3) is 1.00. The molecule has 0 N–H and O–H groups in total. The fourth-order valence-electron chi connectivity index (χ4n) is 8.32. The predicted molar refractivity (Wildman–Crippen MR) is 94.9 cm³/mol. The van der Waals surface area contributed by atoms with E-state index >= 15 is 0 Å². The summed E-state index contributed by atoms with van der Waals surface area (Å²) in [5.74, 6) is 1.68. The molecule has 0 amide bonds. The Morgan fingerprint density at radius 3 is 1.44 bits per heavy atom. The molecule has 4 nitrogen and oxygen atoms in total. The van der Waals surface area contributed by atoms with Gasteiger partial charge in [0.15, 0.2) is 0 Å². The minimum Gasteiger partial charge on any atom is -0.244 e. The minimum atomic E-state index is -3.95. The van der Waals surface area contributed by atoms with Gasteiger partial charge in [-0.15, -0.1) is 0 Å². The van der Waals surface area contributed by atoms with Crippen molar-refractivity contribution in [2.45, 2.75) is 79.4 Å². The third kappa shape index (κ3) is 1.62. The summed E-state index contributed by atoms with van der Waals surface area (Å²) in [6, 6.07) is 0. The van der Waals surface area contributed by atoms with Crippen LogP contribution in [0.5, 0.6) is 0 Å². The van der Waals surface area contributed by atoms with Crippen molar-refractivity contribution in [3.8, 4) is 0 Å². The van der Waals surface area contributed by atoms with E-state index in [1.807, 2.05) is 0 Å². The van der Waals surface area contributed by atoms with Crippen LogP contribution in [0.1, 0.15) is 67.2 Å². The highest BCUT2D eigenvalue weighted by Gasteiger charge is 2.77. The number of fused-ring (bicyclic) bond motifs is 11. The summed E-state index contributed by atoms with van der Waals surface area (Å²) < 4.78 is 37.2. The molecule has 0 spiro atoms. The summed E-state index contributed by atoms with van der Waals surface area (Å²) in [7, 11) is -3.95. The van der Waals surface area contributed by atoms with E-state index < -0.39 is 10.4 Å². The molecule has 0 radical (unpaired) electrons. The maximum atomic E-state index is 12.8. The van der Waals surface area contributed by atoms with Crippen LogP contribution in [0.25, 0.3) is 0 Å². The first-order chi connectivity index (χ1) is 11.4. The molecule has 0 aromatic heterocycles. The molecule has 25 heavy (non-hydrogen) atoms. The lowest BCUT2D eigenvalue weighted by Crippen LogP contribution is -2.45. The molecule has 1 saturated heterocycles. The lowest BCUT2D eigenvalue weighted by atomic mass is 9.66. The monoisotopic (exact) mass is 368 g/mol. The molecule has 5 aliphatic rings. The first-order valence-corrected chi connectivity index (χ1v) is 11.3. The second-order valence-corrected chi connectivity index (χ2v) is 12.4. The normalized spacial score (nSPS) is 59.4. The van der Waals surface area contributed by atoms with E-state index in [0.29, 0.717) is 23.7 Å². The highest BCUT2D eigenvalue weighted by atomic mass is 32.3. The van der Waals surface area contributed by atoms with Crippen LogP contribution in [-0.2, 0) is 18.8 Å². The number of hydrogen-bond donors (Lipinski definition) is 0. The van der Waals surface area contributed by atoms with Crippen LogP contribution in [0.2, 0.25) is 0 Å². The van der Waals surface area contributed by atoms with Crippen molar-refractivity contribution < 1.29 is 16.8 Å². The quantitative estimate of drug-likeness (QED) is 0.644. The van der Waals surface area contributed by atoms with Gasteiger partial charge in [0.1, 0.15) is 0 Å². The van der Waals surface area contributed by atoms with Gasteiger partial charge < -0.3 is 0 Å². The summed E-state index contributed by atoms with van der Waals surface area (Å²) in [6.45, 7) is 13.9. The first kappa shape index (κ1) is 17.0. The highest BCUT2D eigenvalue weighted by molar-refractivity contribution is 7.81. The Hall–Kier alpha value is -0.130. The molecular weight excluding hydrogens is 336 g/mol. The maximum absolute atomic E-state index is 12.8. The van der Waals surface area contributed by atoms with Crippen molar-refractivity contribution in [3.63, 3.8) is 0 Å². The number of hydrogen-bond acceptors (Lipinski definition) is 4. The van der Waals surface area contributed by atoms with E-state index in [0.717, 1.165) is 12.8 Å². The van der Waals surface area contributed by atoms with E-state index in [2.05, 4.69) is 41.5 Å². The molecule has 4 saturated carbocycles. The molecule has 4 aliphatic carbocycles. The largest absolute Gasteiger partial charge is 0.400 e. The molecule has 1 heterocycles. The second kappa shape index (κ2) is 4.30. The van der Waals surface area contributed by atoms with Gasteiger partial charge in [-0.2, -0.15) is 8.42 Å². The lowest BCUT2D eigenvalue weighted by Gasteiger charge is -2.41. The molecule has 0 aromatic rings. The molecule has 142 valence electrons. The van der Waals surface area contributed by atoms with Crippen molar-refractivity contribution in [3.05, 3.63) is 0 Å². The third-order valence-corrected chi connectivity index (χ3v) is 11.4. The topological polar surface area (TPSA) is 52.6 Å². The average Bonchev–Trinajstić information content (AvgIpc) is 2.91. The van der Waals surface area contributed by atoms with Gasteiger partial charge >= 0.3 is 10.4 Å². The van der Waals surface area contributed by atoms with Crippen molar-refractivity contribution >= 4 is 10.4 Å². The van der Waals surface area contributed by atoms with Crippen LogP contribution in [0.15, 0.2) is 0 Å². The second-order valence-electron chi connectivity index (χ2n) is 11.2. The van der Waals surface area contributed by atoms with Crippen LogP contribution < -0.4 is 0 Å². The summed E-state index contributed by atoms with van der Waals surface area (Å²) in [4.78, 5) is 0. The molecule has 0 aromatic carbocycles. The highest BCUT2D eigenvalue weighted by Crippen LogP contribution is 2.77. The Balaban J connectivity index is 1.71. The van der Waals surface area contributed by atoms with E-state index in [9.17, 15) is 8.42 Å². The average molecular weight is 369 g/mol. The molecule has 1 aliphatic heterocycles. The standard InChI is InChI=1S/C20H32O4S/c1-17(2)11-7-9-19(17,5)15-13(11)14-12-8-10-20(6,18(12,3)4)16(14)24-25(21,22)23-15/h11-16H,7-10H2,1-6H3/t11-,12-,13+,14+,15-,16-,19+,20+/m1/s1. The van der Waals surface area contributed by atoms with Crippen LogP contribution in [0, 0.1) is 45.3 Å². The van der Waals surface area contributed by atoms with Gasteiger partial charge in [-0.05, 0) is 60.2 Å². The number of rotatable bonds is 0.